The van der Waals surface area contributed by atoms with Crippen LogP contribution in [0.3, 0.4) is 0 Å². The third kappa shape index (κ3) is 2.30. The van der Waals surface area contributed by atoms with Crippen LogP contribution in [-0.4, -0.2) is 16.6 Å². The molecule has 1 N–H and O–H groups in total. The molecule has 1 heterocycles. The Hall–Kier alpha value is -0.250. The predicted octanol–water partition coefficient (Wildman–Crippen LogP) is 3.19. The van der Waals surface area contributed by atoms with Gasteiger partial charge in [-0.05, 0) is 42.0 Å². The van der Waals surface area contributed by atoms with Crippen LogP contribution < -0.4 is 0 Å². The molecule has 0 atom stereocenters. The lowest BCUT2D eigenvalue weighted by Crippen LogP contribution is -2.30. The Labute approximate surface area is 97.6 Å². The molecular weight excluding hydrogens is 235 g/mol. The summed E-state index contributed by atoms with van der Waals surface area (Å²) in [5, 5.41) is 10.4. The van der Waals surface area contributed by atoms with Gasteiger partial charge in [-0.25, -0.2) is 4.39 Å². The van der Waals surface area contributed by atoms with Crippen LogP contribution in [0.2, 0.25) is 5.02 Å². The van der Waals surface area contributed by atoms with Gasteiger partial charge < -0.3 is 5.11 Å². The quantitative estimate of drug-likeness (QED) is 0.821. The molecule has 0 unspecified atom stereocenters. The number of hydrogen-bond donors (Lipinski definition) is 1. The third-order valence-corrected chi connectivity index (χ3v) is 4.07. The summed E-state index contributed by atoms with van der Waals surface area (Å²) in [6, 6.07) is 4.56. The Bertz CT molecular complexity index is 364. The lowest BCUT2D eigenvalue weighted by molar-refractivity contribution is 0.0278. The average Bonchev–Trinajstić information content (AvgIpc) is 2.23. The van der Waals surface area contributed by atoms with E-state index in [0.717, 1.165) is 11.5 Å². The molecule has 0 bridgehead atoms. The van der Waals surface area contributed by atoms with E-state index in [1.807, 2.05) is 11.8 Å². The number of rotatable bonds is 1. The van der Waals surface area contributed by atoms with E-state index in [1.165, 1.54) is 12.1 Å². The Kier molecular flexibility index (Phi) is 3.24. The molecule has 1 nitrogen and oxygen atoms in total. The SMILES string of the molecule is OC1(c2ccc(Cl)c(F)c2)CCSCC1. The Morgan fingerprint density at radius 2 is 2.00 bits per heavy atom. The summed E-state index contributed by atoms with van der Waals surface area (Å²) in [6.07, 6.45) is 1.36. The van der Waals surface area contributed by atoms with Crippen LogP contribution in [0.4, 0.5) is 4.39 Å². The molecule has 0 amide bonds. The maximum absolute atomic E-state index is 13.3. The van der Waals surface area contributed by atoms with Crippen molar-refractivity contribution in [1.82, 2.24) is 0 Å². The minimum atomic E-state index is -0.864. The first-order valence-corrected chi connectivity index (χ1v) is 6.41. The Balaban J connectivity index is 2.31. The van der Waals surface area contributed by atoms with Gasteiger partial charge in [0.2, 0.25) is 0 Å². The molecule has 1 aromatic rings. The van der Waals surface area contributed by atoms with Gasteiger partial charge in [0.05, 0.1) is 10.6 Å². The number of aliphatic hydroxyl groups is 1. The van der Waals surface area contributed by atoms with Crippen LogP contribution >= 0.6 is 23.4 Å². The lowest BCUT2D eigenvalue weighted by Gasteiger charge is -2.32. The fraction of sp³-hybridized carbons (Fsp3) is 0.455. The molecule has 4 heteroatoms. The van der Waals surface area contributed by atoms with Crippen LogP contribution in [-0.2, 0) is 5.60 Å². The van der Waals surface area contributed by atoms with Crippen LogP contribution in [0.25, 0.3) is 0 Å². The minimum absolute atomic E-state index is 0.104. The second kappa shape index (κ2) is 4.32. The van der Waals surface area contributed by atoms with Crippen molar-refractivity contribution in [3.8, 4) is 0 Å². The summed E-state index contributed by atoms with van der Waals surface area (Å²) in [7, 11) is 0. The summed E-state index contributed by atoms with van der Waals surface area (Å²) >= 11 is 7.42. The van der Waals surface area contributed by atoms with Crippen LogP contribution in [0, 0.1) is 5.82 Å². The van der Waals surface area contributed by atoms with Gasteiger partial charge in [0.15, 0.2) is 0 Å². The van der Waals surface area contributed by atoms with Gasteiger partial charge in [0.25, 0.3) is 0 Å². The van der Waals surface area contributed by atoms with Gasteiger partial charge in [0.1, 0.15) is 5.82 Å². The summed E-state index contributed by atoms with van der Waals surface area (Å²) < 4.78 is 13.3. The van der Waals surface area contributed by atoms with E-state index >= 15 is 0 Å². The highest BCUT2D eigenvalue weighted by Gasteiger charge is 2.31. The molecule has 1 saturated heterocycles. The van der Waals surface area contributed by atoms with Crippen LogP contribution in [0.1, 0.15) is 18.4 Å². The first-order chi connectivity index (χ1) is 7.12. The fourth-order valence-electron chi connectivity index (χ4n) is 1.78. The van der Waals surface area contributed by atoms with Crippen molar-refractivity contribution in [2.24, 2.45) is 0 Å². The van der Waals surface area contributed by atoms with Crippen molar-refractivity contribution in [2.75, 3.05) is 11.5 Å². The molecule has 0 saturated carbocycles. The van der Waals surface area contributed by atoms with Crippen LogP contribution in [0.15, 0.2) is 18.2 Å². The first kappa shape index (κ1) is 11.2. The van der Waals surface area contributed by atoms with Crippen molar-refractivity contribution in [3.05, 3.63) is 34.6 Å². The van der Waals surface area contributed by atoms with E-state index in [4.69, 9.17) is 11.6 Å². The number of benzene rings is 1. The standard InChI is InChI=1S/C11H12ClFOS/c12-9-2-1-8(7-10(9)13)11(14)3-5-15-6-4-11/h1-2,7,14H,3-6H2. The van der Waals surface area contributed by atoms with E-state index in [2.05, 4.69) is 0 Å². The largest absolute Gasteiger partial charge is 0.385 e. The normalized spacial score (nSPS) is 20.2. The fourth-order valence-corrected chi connectivity index (χ4v) is 3.07. The number of hydrogen-bond acceptors (Lipinski definition) is 2. The lowest BCUT2D eigenvalue weighted by atomic mass is 9.88. The zero-order valence-corrected chi connectivity index (χ0v) is 9.74. The van der Waals surface area contributed by atoms with Gasteiger partial charge >= 0.3 is 0 Å². The van der Waals surface area contributed by atoms with Gasteiger partial charge in [-0.2, -0.15) is 11.8 Å². The molecule has 2 rings (SSSR count). The molecule has 1 fully saturated rings. The van der Waals surface area contributed by atoms with E-state index in [0.29, 0.717) is 18.4 Å². The zero-order valence-electron chi connectivity index (χ0n) is 8.17. The molecule has 0 aromatic heterocycles. The van der Waals surface area contributed by atoms with Crippen molar-refractivity contribution in [3.63, 3.8) is 0 Å². The van der Waals surface area contributed by atoms with E-state index in [1.54, 1.807) is 6.07 Å². The minimum Gasteiger partial charge on any atom is -0.385 e. The summed E-state index contributed by atoms with van der Waals surface area (Å²) in [4.78, 5) is 0. The topological polar surface area (TPSA) is 20.2 Å². The second-order valence-electron chi connectivity index (χ2n) is 3.77. The molecule has 1 aliphatic heterocycles. The third-order valence-electron chi connectivity index (χ3n) is 2.78. The van der Waals surface area contributed by atoms with E-state index < -0.39 is 11.4 Å². The Morgan fingerprint density at radius 3 is 2.60 bits per heavy atom. The second-order valence-corrected chi connectivity index (χ2v) is 5.40. The summed E-state index contributed by atoms with van der Waals surface area (Å²) in [5.41, 5.74) is -0.221. The molecule has 1 aromatic carbocycles. The molecule has 0 aliphatic carbocycles. The highest BCUT2D eigenvalue weighted by molar-refractivity contribution is 7.99. The molecule has 0 spiro atoms. The number of thioether (sulfide) groups is 1. The number of halogens is 2. The van der Waals surface area contributed by atoms with Crippen molar-refractivity contribution in [1.29, 1.82) is 0 Å². The molecular formula is C11H12ClFOS. The van der Waals surface area contributed by atoms with Crippen molar-refractivity contribution < 1.29 is 9.50 Å². The van der Waals surface area contributed by atoms with Gasteiger partial charge in [0, 0.05) is 0 Å². The first-order valence-electron chi connectivity index (χ1n) is 4.87. The van der Waals surface area contributed by atoms with Gasteiger partial charge in [-0.3, -0.25) is 0 Å². The van der Waals surface area contributed by atoms with E-state index in [-0.39, 0.29) is 5.02 Å². The molecule has 15 heavy (non-hydrogen) atoms. The maximum Gasteiger partial charge on any atom is 0.142 e. The van der Waals surface area contributed by atoms with E-state index in [9.17, 15) is 9.50 Å². The van der Waals surface area contributed by atoms with Crippen molar-refractivity contribution in [2.45, 2.75) is 18.4 Å². The van der Waals surface area contributed by atoms with Gasteiger partial charge in [-0.1, -0.05) is 17.7 Å². The highest BCUT2D eigenvalue weighted by Crippen LogP contribution is 2.36. The summed E-state index contributed by atoms with van der Waals surface area (Å²) in [6.45, 7) is 0. The Morgan fingerprint density at radius 1 is 1.33 bits per heavy atom. The van der Waals surface area contributed by atoms with Crippen LogP contribution in [0.5, 0.6) is 0 Å². The molecule has 1 aliphatic rings. The van der Waals surface area contributed by atoms with Crippen molar-refractivity contribution >= 4 is 23.4 Å². The average molecular weight is 247 g/mol. The highest BCUT2D eigenvalue weighted by atomic mass is 35.5. The molecule has 82 valence electrons. The van der Waals surface area contributed by atoms with Gasteiger partial charge in [-0.15, -0.1) is 0 Å². The maximum atomic E-state index is 13.3. The zero-order chi connectivity index (χ0) is 10.9. The molecule has 0 radical (unpaired) electrons. The predicted molar refractivity (Wildman–Crippen MR) is 61.9 cm³/mol. The monoisotopic (exact) mass is 246 g/mol. The summed E-state index contributed by atoms with van der Waals surface area (Å²) in [5.74, 6) is 1.38. The smallest absolute Gasteiger partial charge is 0.142 e.